The monoisotopic (exact) mass is 843 g/mol. The van der Waals surface area contributed by atoms with Gasteiger partial charge in [0, 0.05) is 54.2 Å². The van der Waals surface area contributed by atoms with Gasteiger partial charge in [-0.3, -0.25) is 9.59 Å². The van der Waals surface area contributed by atoms with Gasteiger partial charge in [-0.05, 0) is 43.8 Å². The summed E-state index contributed by atoms with van der Waals surface area (Å²) in [4.78, 5) is 34.6. The van der Waals surface area contributed by atoms with Gasteiger partial charge in [0.1, 0.15) is 12.1 Å². The summed E-state index contributed by atoms with van der Waals surface area (Å²) >= 11 is 3.17. The lowest BCUT2D eigenvalue weighted by Gasteiger charge is -2.33. The fourth-order valence-corrected chi connectivity index (χ4v) is 8.99. The predicted molar refractivity (Wildman–Crippen MR) is 207 cm³/mol. The molecule has 0 unspecified atom stereocenters. The number of benzene rings is 1. The zero-order chi connectivity index (χ0) is 36.5. The van der Waals surface area contributed by atoms with Gasteiger partial charge in [-0.25, -0.2) is 13.4 Å². The molecule has 1 saturated carbocycles. The second-order valence-electron chi connectivity index (χ2n) is 13.1. The molecule has 1 aliphatic rings. The Morgan fingerprint density at radius 1 is 1.06 bits per heavy atom. The number of aliphatic hydroxyl groups excluding tert-OH is 2. The van der Waals surface area contributed by atoms with Crippen molar-refractivity contribution in [3.05, 3.63) is 52.5 Å². The lowest BCUT2D eigenvalue weighted by molar-refractivity contribution is -0.132. The zero-order valence-electron chi connectivity index (χ0n) is 29.3. The molecule has 278 valence electrons. The number of nitrogens with zero attached hydrogens (tertiary/aromatic N) is 3. The number of nitrogens with one attached hydrogen (secondary N) is 2. The molecule has 0 spiro atoms. The third-order valence-corrected chi connectivity index (χ3v) is 14.0. The highest BCUT2D eigenvalue weighted by atomic mass is 127. The van der Waals surface area contributed by atoms with Crippen molar-refractivity contribution in [1.82, 2.24) is 23.0 Å². The Labute approximate surface area is 316 Å². The number of hydrogen-bond donors (Lipinski definition) is 4. The van der Waals surface area contributed by atoms with Gasteiger partial charge >= 0.3 is 0 Å². The van der Waals surface area contributed by atoms with Crippen molar-refractivity contribution in [3.63, 3.8) is 0 Å². The maximum Gasteiger partial charge on any atom is 0.243 e. The number of sulfonamides is 1. The molecule has 1 aliphatic carbocycles. The van der Waals surface area contributed by atoms with Crippen molar-refractivity contribution in [3.8, 4) is 12.3 Å². The first-order valence-corrected chi connectivity index (χ1v) is 21.2. The number of likely N-dealkylation sites (N-methyl/N-ethyl adjacent to an activating group) is 1. The van der Waals surface area contributed by atoms with Gasteiger partial charge in [0.05, 0.1) is 35.0 Å². The quantitative estimate of drug-likeness (QED) is 0.0792. The largest absolute Gasteiger partial charge is 0.390 e. The van der Waals surface area contributed by atoms with Crippen molar-refractivity contribution in [2.75, 3.05) is 31.9 Å². The zero-order valence-corrected chi connectivity index (χ0v) is 33.0. The minimum Gasteiger partial charge on any atom is -0.390 e. The minimum absolute atomic E-state index is 0.0695. The van der Waals surface area contributed by atoms with E-state index in [1.54, 1.807) is 33.8 Å². The van der Waals surface area contributed by atoms with Crippen LogP contribution in [0.2, 0.25) is 0 Å². The van der Waals surface area contributed by atoms with Crippen LogP contribution in [0.25, 0.3) is 0 Å². The molecule has 5 atom stereocenters. The Kier molecular flexibility index (Phi) is 18.7. The van der Waals surface area contributed by atoms with Gasteiger partial charge in [0.25, 0.3) is 0 Å². The molecule has 1 fully saturated rings. The number of aromatic nitrogens is 1. The van der Waals surface area contributed by atoms with Crippen molar-refractivity contribution in [1.29, 1.82) is 0 Å². The van der Waals surface area contributed by atoms with E-state index in [1.165, 1.54) is 13.9 Å². The lowest BCUT2D eigenvalue weighted by Crippen LogP contribution is -2.56. The molecule has 14 heteroatoms. The van der Waals surface area contributed by atoms with Crippen LogP contribution in [-0.2, 0) is 32.5 Å². The second-order valence-corrected chi connectivity index (χ2v) is 17.6. The number of amides is 2. The third kappa shape index (κ3) is 14.1. The summed E-state index contributed by atoms with van der Waals surface area (Å²) in [6.07, 6.45) is 9.40. The Morgan fingerprint density at radius 2 is 1.76 bits per heavy atom. The average Bonchev–Trinajstić information content (AvgIpc) is 3.63. The van der Waals surface area contributed by atoms with Gasteiger partial charge in [0.15, 0.2) is 0 Å². The Morgan fingerprint density at radius 3 is 2.38 bits per heavy atom. The highest BCUT2D eigenvalue weighted by Gasteiger charge is 2.35. The molecule has 0 aliphatic heterocycles. The van der Waals surface area contributed by atoms with E-state index < -0.39 is 57.8 Å². The Bertz CT molecular complexity index is 1430. The molecule has 3 rings (SSSR count). The molecule has 11 nitrogen and oxygen atoms in total. The van der Waals surface area contributed by atoms with E-state index in [0.29, 0.717) is 18.7 Å². The maximum absolute atomic E-state index is 14.1. The first kappa shape index (κ1) is 42.3. The fraction of sp³-hybridized carbons (Fsp3) is 0.639. The van der Waals surface area contributed by atoms with Crippen LogP contribution in [0, 0.1) is 24.2 Å². The summed E-state index contributed by atoms with van der Waals surface area (Å²) in [5, 5.41) is 29.6. The number of terminal acetylenes is 1. The normalized spacial score (nSPS) is 17.1. The SMILES string of the molecule is C#CCC[C@H](O)[C@H](O)[C@H](CC1CCCCC1)NC(=O)[C@H](Cc1cscn1)NC(=O)[C@H](Cc1ccccc1)CS(=O)(=O)N(I)CCN(CC)CC. The van der Waals surface area contributed by atoms with E-state index in [2.05, 4.69) is 26.4 Å². The van der Waals surface area contributed by atoms with Gasteiger partial charge in [0.2, 0.25) is 21.8 Å². The number of rotatable bonds is 22. The van der Waals surface area contributed by atoms with Gasteiger partial charge in [-0.2, -0.15) is 0 Å². The summed E-state index contributed by atoms with van der Waals surface area (Å²) in [7, 11) is -3.86. The number of carbonyl (C=O) groups excluding carboxylic acids is 2. The minimum atomic E-state index is -3.86. The molecular weight excluding hydrogens is 789 g/mol. The Hall–Kier alpha value is -2.13. The first-order valence-electron chi connectivity index (χ1n) is 17.7. The Balaban J connectivity index is 1.86. The van der Waals surface area contributed by atoms with Crippen LogP contribution in [0.1, 0.15) is 76.5 Å². The summed E-state index contributed by atoms with van der Waals surface area (Å²) < 4.78 is 28.5. The molecular formula is C36H54IN5O6S2. The highest BCUT2D eigenvalue weighted by Crippen LogP contribution is 2.29. The molecule has 2 aromatic rings. The number of thiazole rings is 1. The van der Waals surface area contributed by atoms with E-state index in [9.17, 15) is 28.2 Å². The number of hydrogen-bond acceptors (Lipinski definition) is 9. The standard InChI is InChI=1S/C36H54IN5O6S2/c1-4-7-18-33(43)34(44)31(22-28-16-12-9-13-17-28)39-36(46)32(23-30-24-49-26-38-30)40-35(45)29(21-27-14-10-8-11-15-27)25-50(47,48)42(37)20-19-41(5-2)6-3/h1,8,10-11,14-15,24,26,28-29,31-34,43-44H,5-7,9,12-13,16-23,25H2,2-3H3,(H,39,46)(H,40,45)/t29-,31+,32+,33+,34-/m1/s1. The van der Waals surface area contributed by atoms with Gasteiger partial charge in [-0.15, -0.1) is 26.2 Å². The summed E-state index contributed by atoms with van der Waals surface area (Å²) in [5.74, 6) is 0.221. The van der Waals surface area contributed by atoms with E-state index in [0.717, 1.165) is 50.8 Å². The smallest absolute Gasteiger partial charge is 0.243 e. The van der Waals surface area contributed by atoms with Crippen molar-refractivity contribution >= 4 is 56.0 Å². The molecule has 1 aromatic carbocycles. The summed E-state index contributed by atoms with van der Waals surface area (Å²) in [5.41, 5.74) is 3.03. The van der Waals surface area contributed by atoms with Crippen LogP contribution in [-0.4, -0.2) is 99.1 Å². The predicted octanol–water partition coefficient (Wildman–Crippen LogP) is 3.94. The van der Waals surface area contributed by atoms with Crippen LogP contribution in [0.3, 0.4) is 0 Å². The van der Waals surface area contributed by atoms with Crippen molar-refractivity contribution < 1.29 is 28.2 Å². The molecule has 0 radical (unpaired) electrons. The van der Waals surface area contributed by atoms with Crippen molar-refractivity contribution in [2.45, 2.75) is 102 Å². The van der Waals surface area contributed by atoms with Crippen LogP contribution in [0.4, 0.5) is 0 Å². The van der Waals surface area contributed by atoms with E-state index in [-0.39, 0.29) is 38.1 Å². The van der Waals surface area contributed by atoms with E-state index in [1.807, 2.05) is 44.2 Å². The molecule has 0 bridgehead atoms. The topological polar surface area (TPSA) is 152 Å². The first-order chi connectivity index (χ1) is 24.0. The maximum atomic E-state index is 14.1. The fourth-order valence-electron chi connectivity index (χ4n) is 6.43. The molecule has 1 aromatic heterocycles. The highest BCUT2D eigenvalue weighted by molar-refractivity contribution is 14.1. The second kappa shape index (κ2) is 22.1. The summed E-state index contributed by atoms with van der Waals surface area (Å²) in [6.45, 7) is 6.47. The molecule has 2 amide bonds. The molecule has 1 heterocycles. The molecule has 0 saturated heterocycles. The van der Waals surface area contributed by atoms with E-state index >= 15 is 0 Å². The van der Waals surface area contributed by atoms with Crippen LogP contribution >= 0.6 is 34.2 Å². The van der Waals surface area contributed by atoms with Crippen molar-refractivity contribution in [2.24, 2.45) is 11.8 Å². The van der Waals surface area contributed by atoms with Crippen LogP contribution in [0.15, 0.2) is 41.2 Å². The van der Waals surface area contributed by atoms with Gasteiger partial charge < -0.3 is 25.7 Å². The van der Waals surface area contributed by atoms with Gasteiger partial charge in [-0.1, -0.05) is 76.3 Å². The summed E-state index contributed by atoms with van der Waals surface area (Å²) in [6, 6.07) is 7.34. The number of carbonyl (C=O) groups is 2. The number of halogens is 1. The van der Waals surface area contributed by atoms with Crippen LogP contribution < -0.4 is 10.6 Å². The third-order valence-electron chi connectivity index (χ3n) is 9.46. The lowest BCUT2D eigenvalue weighted by atomic mass is 9.82. The van der Waals surface area contributed by atoms with Crippen LogP contribution in [0.5, 0.6) is 0 Å². The molecule has 50 heavy (non-hydrogen) atoms. The molecule has 4 N–H and O–H groups in total. The number of aliphatic hydroxyl groups is 2. The van der Waals surface area contributed by atoms with E-state index in [4.69, 9.17) is 6.42 Å². The average molecular weight is 844 g/mol.